The van der Waals surface area contributed by atoms with E-state index in [9.17, 15) is 8.78 Å². The van der Waals surface area contributed by atoms with E-state index in [1.165, 1.54) is 42.6 Å². The zero-order valence-electron chi connectivity index (χ0n) is 14.0. The molecule has 0 spiro atoms. The highest BCUT2D eigenvalue weighted by Gasteiger charge is 2.08. The molecule has 104 valence electrons. The summed E-state index contributed by atoms with van der Waals surface area (Å²) in [4.78, 5) is 4.15. The summed E-state index contributed by atoms with van der Waals surface area (Å²) in [5.74, 6) is -0.818. The fourth-order valence-corrected chi connectivity index (χ4v) is 2.10. The van der Waals surface area contributed by atoms with Gasteiger partial charge in [-0.3, -0.25) is 4.98 Å². The van der Waals surface area contributed by atoms with E-state index in [1.807, 2.05) is 0 Å². The smallest absolute Gasteiger partial charge is 0.131 e. The minimum atomic E-state index is -2.21. The van der Waals surface area contributed by atoms with Crippen LogP contribution in [0.4, 0.5) is 8.78 Å². The largest absolute Gasteiger partial charge is 0.256 e. The first-order valence-electron chi connectivity index (χ1n) is 7.87. The second-order valence-corrected chi connectivity index (χ2v) is 4.63. The normalized spacial score (nSPS) is 13.3. The van der Waals surface area contributed by atoms with Gasteiger partial charge in [-0.1, -0.05) is 18.2 Å². The van der Waals surface area contributed by atoms with Crippen molar-refractivity contribution in [3.05, 3.63) is 78.0 Å². The lowest BCUT2D eigenvalue weighted by Gasteiger charge is -2.07. The van der Waals surface area contributed by atoms with Crippen molar-refractivity contribution in [2.45, 2.75) is 6.85 Å². The third kappa shape index (κ3) is 2.82. The van der Waals surface area contributed by atoms with Gasteiger partial charge in [0.15, 0.2) is 0 Å². The zero-order chi connectivity index (χ0) is 17.3. The number of rotatable bonds is 2. The number of pyridine rings is 1. The minimum Gasteiger partial charge on any atom is -0.256 e. The molecule has 0 aliphatic heterocycles. The molecule has 21 heavy (non-hydrogen) atoms. The van der Waals surface area contributed by atoms with Crippen molar-refractivity contribution < 1.29 is 12.9 Å². The van der Waals surface area contributed by atoms with Gasteiger partial charge < -0.3 is 0 Å². The van der Waals surface area contributed by atoms with Gasteiger partial charge in [-0.2, -0.15) is 0 Å². The van der Waals surface area contributed by atoms with Crippen LogP contribution >= 0.6 is 0 Å². The van der Waals surface area contributed by atoms with Gasteiger partial charge in [0, 0.05) is 21.4 Å². The highest BCUT2D eigenvalue weighted by Crippen LogP contribution is 2.28. The molecule has 0 saturated carbocycles. The van der Waals surface area contributed by atoms with Gasteiger partial charge in [-0.15, -0.1) is 0 Å². The molecule has 0 aliphatic carbocycles. The third-order valence-corrected chi connectivity index (χ3v) is 3.18. The van der Waals surface area contributed by atoms with Crippen LogP contribution in [0.5, 0.6) is 0 Å². The van der Waals surface area contributed by atoms with Crippen LogP contribution in [0, 0.1) is 18.5 Å². The van der Waals surface area contributed by atoms with Crippen LogP contribution in [0.25, 0.3) is 22.4 Å². The predicted molar refractivity (Wildman–Crippen MR) is 79.8 cm³/mol. The Labute approximate surface area is 126 Å². The molecule has 1 aromatic heterocycles. The highest BCUT2D eigenvalue weighted by atomic mass is 19.1. The quantitative estimate of drug-likeness (QED) is 0.645. The van der Waals surface area contributed by atoms with Gasteiger partial charge in [-0.05, 0) is 54.4 Å². The van der Waals surface area contributed by atoms with Crippen molar-refractivity contribution in [3.8, 4) is 22.4 Å². The molecule has 0 bridgehead atoms. The van der Waals surface area contributed by atoms with Gasteiger partial charge >= 0.3 is 0 Å². The van der Waals surface area contributed by atoms with Crippen molar-refractivity contribution in [3.63, 3.8) is 0 Å². The van der Waals surface area contributed by atoms with Gasteiger partial charge in [0.25, 0.3) is 0 Å². The number of nitrogens with zero attached hydrogens (tertiary/aromatic N) is 1. The molecule has 0 amide bonds. The van der Waals surface area contributed by atoms with Gasteiger partial charge in [0.05, 0.1) is 5.69 Å². The second-order valence-electron chi connectivity index (χ2n) is 4.63. The summed E-state index contributed by atoms with van der Waals surface area (Å²) in [7, 11) is 0. The van der Waals surface area contributed by atoms with E-state index in [0.717, 1.165) is 0 Å². The molecule has 3 rings (SSSR count). The molecule has 3 heteroatoms. The van der Waals surface area contributed by atoms with Crippen LogP contribution in [-0.2, 0) is 0 Å². The summed E-state index contributed by atoms with van der Waals surface area (Å²) in [6.07, 6.45) is 1.29. The number of hydrogen-bond acceptors (Lipinski definition) is 1. The van der Waals surface area contributed by atoms with Crippen LogP contribution in [0.1, 0.15) is 9.68 Å². The Bertz CT molecular complexity index is 857. The molecule has 0 unspecified atom stereocenters. The van der Waals surface area contributed by atoms with E-state index in [-0.39, 0.29) is 5.56 Å². The predicted octanol–water partition coefficient (Wildman–Crippen LogP) is 5.00. The van der Waals surface area contributed by atoms with Crippen molar-refractivity contribution in [2.75, 3.05) is 0 Å². The Hall–Kier alpha value is -2.55. The second kappa shape index (κ2) is 5.44. The summed E-state index contributed by atoms with van der Waals surface area (Å²) >= 11 is 0. The molecule has 0 saturated heterocycles. The Morgan fingerprint density at radius 2 is 1.67 bits per heavy atom. The van der Waals surface area contributed by atoms with Crippen LogP contribution < -0.4 is 0 Å². The Balaban J connectivity index is 2.01. The summed E-state index contributed by atoms with van der Waals surface area (Å²) in [6.45, 7) is -2.21. The van der Waals surface area contributed by atoms with Crippen LogP contribution in [-0.4, -0.2) is 4.98 Å². The molecule has 3 aromatic rings. The monoisotopic (exact) mass is 284 g/mol. The summed E-state index contributed by atoms with van der Waals surface area (Å²) in [5.41, 5.74) is 2.20. The van der Waals surface area contributed by atoms with Crippen LogP contribution in [0.3, 0.4) is 0 Å². The van der Waals surface area contributed by atoms with E-state index in [2.05, 4.69) is 4.98 Å². The first-order valence-corrected chi connectivity index (χ1v) is 6.37. The average molecular weight is 284 g/mol. The highest BCUT2D eigenvalue weighted by molar-refractivity contribution is 5.71. The molecule has 0 atom stereocenters. The first kappa shape index (κ1) is 10.2. The van der Waals surface area contributed by atoms with E-state index in [1.54, 1.807) is 18.2 Å². The molecule has 1 nitrogen and oxygen atoms in total. The maximum Gasteiger partial charge on any atom is 0.131 e. The molecule has 0 N–H and O–H groups in total. The van der Waals surface area contributed by atoms with Crippen molar-refractivity contribution >= 4 is 0 Å². The van der Waals surface area contributed by atoms with Crippen LogP contribution in [0.2, 0.25) is 0 Å². The standard InChI is InChI=1S/C18H13F2N/c1-12-2-9-18(21-11-12)14-5-8-17(20)16(10-14)13-3-6-15(19)7-4-13/h2-11H,1H3/i1D3. The van der Waals surface area contributed by atoms with E-state index in [4.69, 9.17) is 4.11 Å². The van der Waals surface area contributed by atoms with Crippen molar-refractivity contribution in [1.82, 2.24) is 4.98 Å². The molecule has 0 fully saturated rings. The maximum absolute atomic E-state index is 14.1. The van der Waals surface area contributed by atoms with E-state index in [0.29, 0.717) is 22.4 Å². The number of aromatic nitrogens is 1. The van der Waals surface area contributed by atoms with Crippen LogP contribution in [0.15, 0.2) is 60.8 Å². The zero-order valence-corrected chi connectivity index (χ0v) is 11.0. The summed E-state index contributed by atoms with van der Waals surface area (Å²) in [5, 5.41) is 0. The fraction of sp³-hybridized carbons (Fsp3) is 0.0556. The van der Waals surface area contributed by atoms with E-state index >= 15 is 0 Å². The molecule has 1 heterocycles. The number of hydrogen-bond donors (Lipinski definition) is 0. The fourth-order valence-electron chi connectivity index (χ4n) is 2.10. The number of halogens is 2. The number of benzene rings is 2. The maximum atomic E-state index is 14.1. The minimum absolute atomic E-state index is 0.145. The lowest BCUT2D eigenvalue weighted by Crippen LogP contribution is -1.89. The Morgan fingerprint density at radius 1 is 0.905 bits per heavy atom. The molecular weight excluding hydrogens is 268 g/mol. The SMILES string of the molecule is [2H]C([2H])([2H])c1ccc(-c2ccc(F)c(-c3ccc(F)cc3)c2)nc1. The first-order chi connectivity index (χ1) is 11.3. The Morgan fingerprint density at radius 3 is 2.33 bits per heavy atom. The van der Waals surface area contributed by atoms with Gasteiger partial charge in [-0.25, -0.2) is 8.78 Å². The van der Waals surface area contributed by atoms with Crippen molar-refractivity contribution in [2.24, 2.45) is 0 Å². The molecule has 0 aliphatic rings. The van der Waals surface area contributed by atoms with Crippen molar-refractivity contribution in [1.29, 1.82) is 0 Å². The molecule has 0 radical (unpaired) electrons. The summed E-state index contributed by atoms with van der Waals surface area (Å²) < 4.78 is 49.2. The Kier molecular flexibility index (Phi) is 2.65. The molecular formula is C18H13F2N. The van der Waals surface area contributed by atoms with Gasteiger partial charge in [0.1, 0.15) is 11.6 Å². The van der Waals surface area contributed by atoms with E-state index < -0.39 is 18.5 Å². The summed E-state index contributed by atoms with van der Waals surface area (Å²) in [6, 6.07) is 13.1. The third-order valence-electron chi connectivity index (χ3n) is 3.18. The molecule has 2 aromatic carbocycles. The topological polar surface area (TPSA) is 12.9 Å². The average Bonchev–Trinajstić information content (AvgIpc) is 2.56. The lowest BCUT2D eigenvalue weighted by atomic mass is 10.0. The number of aryl methyl sites for hydroxylation is 1. The van der Waals surface area contributed by atoms with Gasteiger partial charge in [0.2, 0.25) is 0 Å². The lowest BCUT2D eigenvalue weighted by molar-refractivity contribution is 0.626.